The highest BCUT2D eigenvalue weighted by atomic mass is 35.5. The summed E-state index contributed by atoms with van der Waals surface area (Å²) in [5.74, 6) is 5.72. The van der Waals surface area contributed by atoms with E-state index in [9.17, 15) is 0 Å². The molecule has 0 fully saturated rings. The number of nitrogens with one attached hydrogen (secondary N) is 1. The lowest BCUT2D eigenvalue weighted by atomic mass is 10.1. The quantitative estimate of drug-likeness (QED) is 0.661. The first-order valence-electron chi connectivity index (χ1n) is 6.21. The molecule has 1 atom stereocenters. The second-order valence-corrected chi connectivity index (χ2v) is 6.71. The maximum atomic E-state index is 6.08. The van der Waals surface area contributed by atoms with E-state index in [0.29, 0.717) is 10.0 Å². The monoisotopic (exact) mass is 312 g/mol. The molecule has 0 spiro atoms. The Morgan fingerprint density at radius 3 is 2.68 bits per heavy atom. The Balaban J connectivity index is 1.96. The molecule has 0 bridgehead atoms. The van der Waals surface area contributed by atoms with E-state index in [-0.39, 0.29) is 6.04 Å². The molecule has 100 valence electrons. The maximum Gasteiger partial charge on any atom is 0.0803 e. The zero-order valence-electron chi connectivity index (χ0n) is 10.2. The van der Waals surface area contributed by atoms with E-state index < -0.39 is 0 Å². The van der Waals surface area contributed by atoms with Gasteiger partial charge in [-0.1, -0.05) is 29.3 Å². The zero-order chi connectivity index (χ0) is 13.4. The molecule has 19 heavy (non-hydrogen) atoms. The van der Waals surface area contributed by atoms with Crippen molar-refractivity contribution in [2.45, 2.75) is 25.3 Å². The first-order valence-corrected chi connectivity index (χ1v) is 7.79. The van der Waals surface area contributed by atoms with Crippen molar-refractivity contribution in [1.82, 2.24) is 5.43 Å². The normalized spacial score (nSPS) is 15.5. The van der Waals surface area contributed by atoms with E-state index >= 15 is 0 Å². The minimum absolute atomic E-state index is 0.0228. The number of hydrazine groups is 1. The van der Waals surface area contributed by atoms with Gasteiger partial charge in [-0.2, -0.15) is 0 Å². The number of halogens is 2. The molecule has 1 aliphatic rings. The molecule has 5 heteroatoms. The molecule has 3 rings (SSSR count). The van der Waals surface area contributed by atoms with Gasteiger partial charge >= 0.3 is 0 Å². The number of benzene rings is 1. The summed E-state index contributed by atoms with van der Waals surface area (Å²) >= 11 is 13.9. The van der Waals surface area contributed by atoms with Gasteiger partial charge in [-0.15, -0.1) is 11.3 Å². The topological polar surface area (TPSA) is 38.0 Å². The molecule has 2 aromatic rings. The summed E-state index contributed by atoms with van der Waals surface area (Å²) in [6.07, 6.45) is 3.65. The van der Waals surface area contributed by atoms with Crippen LogP contribution >= 0.6 is 34.5 Å². The van der Waals surface area contributed by atoms with Crippen LogP contribution < -0.4 is 11.3 Å². The highest BCUT2D eigenvalue weighted by Crippen LogP contribution is 2.36. The Labute approximate surface area is 126 Å². The number of hydrogen-bond donors (Lipinski definition) is 2. The van der Waals surface area contributed by atoms with E-state index in [0.717, 1.165) is 5.56 Å². The highest BCUT2D eigenvalue weighted by molar-refractivity contribution is 7.12. The van der Waals surface area contributed by atoms with Gasteiger partial charge in [0, 0.05) is 9.75 Å². The van der Waals surface area contributed by atoms with Gasteiger partial charge in [0.25, 0.3) is 0 Å². The minimum Gasteiger partial charge on any atom is -0.271 e. The summed E-state index contributed by atoms with van der Waals surface area (Å²) in [6.45, 7) is 0. The van der Waals surface area contributed by atoms with Crippen molar-refractivity contribution in [2.24, 2.45) is 5.84 Å². The molecule has 0 saturated heterocycles. The Hall–Kier alpha value is -0.580. The van der Waals surface area contributed by atoms with Crippen LogP contribution in [-0.2, 0) is 12.8 Å². The number of aryl methyl sites for hydroxylation is 2. The molecule has 0 saturated carbocycles. The van der Waals surface area contributed by atoms with Gasteiger partial charge in [0.1, 0.15) is 0 Å². The molecule has 1 aromatic carbocycles. The van der Waals surface area contributed by atoms with Gasteiger partial charge in [0.05, 0.1) is 16.1 Å². The van der Waals surface area contributed by atoms with Gasteiger partial charge in [0.2, 0.25) is 0 Å². The van der Waals surface area contributed by atoms with E-state index in [1.54, 1.807) is 0 Å². The lowest BCUT2D eigenvalue weighted by Crippen LogP contribution is -2.28. The molecule has 2 nitrogen and oxygen atoms in total. The first kappa shape index (κ1) is 13.4. The fourth-order valence-electron chi connectivity index (χ4n) is 2.53. The summed E-state index contributed by atoms with van der Waals surface area (Å²) in [5, 5.41) is 1.12. The number of hydrogen-bond acceptors (Lipinski definition) is 3. The van der Waals surface area contributed by atoms with Crippen LogP contribution in [-0.4, -0.2) is 0 Å². The van der Waals surface area contributed by atoms with Gasteiger partial charge in [0.15, 0.2) is 0 Å². The van der Waals surface area contributed by atoms with Gasteiger partial charge in [-0.3, -0.25) is 5.84 Å². The van der Waals surface area contributed by atoms with Crippen LogP contribution in [0.4, 0.5) is 0 Å². The molecule has 1 unspecified atom stereocenters. The fraction of sp³-hybridized carbons (Fsp3) is 0.286. The third-order valence-electron chi connectivity index (χ3n) is 3.49. The van der Waals surface area contributed by atoms with Gasteiger partial charge in [-0.25, -0.2) is 5.43 Å². The fourth-order valence-corrected chi connectivity index (χ4v) is 4.18. The number of rotatable bonds is 3. The van der Waals surface area contributed by atoms with Crippen LogP contribution in [0.25, 0.3) is 0 Å². The largest absolute Gasteiger partial charge is 0.271 e. The standard InChI is InChI=1S/C14H14Cl2N2S/c15-10-5-4-9(6-11(10)16)14(18-17)13-7-8-2-1-3-12(8)19-13/h4-7,14,18H,1-3,17H2. The van der Waals surface area contributed by atoms with Gasteiger partial charge in [-0.05, 0) is 48.6 Å². The molecule has 3 N–H and O–H groups in total. The predicted octanol–water partition coefficient (Wildman–Crippen LogP) is 4.10. The lowest BCUT2D eigenvalue weighted by Gasteiger charge is -2.15. The summed E-state index contributed by atoms with van der Waals surface area (Å²) in [6, 6.07) is 7.89. The van der Waals surface area contributed by atoms with Crippen molar-refractivity contribution in [3.63, 3.8) is 0 Å². The van der Waals surface area contributed by atoms with Crippen molar-refractivity contribution < 1.29 is 0 Å². The first-order chi connectivity index (χ1) is 9.19. The van der Waals surface area contributed by atoms with Crippen LogP contribution in [0, 0.1) is 0 Å². The van der Waals surface area contributed by atoms with Crippen molar-refractivity contribution in [3.8, 4) is 0 Å². The van der Waals surface area contributed by atoms with E-state index in [1.165, 1.54) is 34.6 Å². The molecular formula is C14H14Cl2N2S. The second-order valence-electron chi connectivity index (χ2n) is 4.72. The number of nitrogens with two attached hydrogens (primary N) is 1. The molecule has 1 heterocycles. The summed E-state index contributed by atoms with van der Waals surface area (Å²) in [5.41, 5.74) is 5.39. The zero-order valence-corrected chi connectivity index (χ0v) is 12.6. The third-order valence-corrected chi connectivity index (χ3v) is 5.53. The average molecular weight is 313 g/mol. The van der Waals surface area contributed by atoms with E-state index in [1.807, 2.05) is 29.5 Å². The Kier molecular flexibility index (Phi) is 3.83. The van der Waals surface area contributed by atoms with Crippen molar-refractivity contribution in [1.29, 1.82) is 0 Å². The molecule has 1 aromatic heterocycles. The summed E-state index contributed by atoms with van der Waals surface area (Å²) < 4.78 is 0. The van der Waals surface area contributed by atoms with Crippen molar-refractivity contribution >= 4 is 34.5 Å². The summed E-state index contributed by atoms with van der Waals surface area (Å²) in [4.78, 5) is 2.74. The Bertz CT molecular complexity index is 588. The number of fused-ring (bicyclic) bond motifs is 1. The van der Waals surface area contributed by atoms with E-state index in [2.05, 4.69) is 11.5 Å². The molecule has 0 aliphatic heterocycles. The average Bonchev–Trinajstić information content (AvgIpc) is 2.95. The summed E-state index contributed by atoms with van der Waals surface area (Å²) in [7, 11) is 0. The maximum absolute atomic E-state index is 6.08. The van der Waals surface area contributed by atoms with Crippen molar-refractivity contribution in [2.75, 3.05) is 0 Å². The Morgan fingerprint density at radius 1 is 1.16 bits per heavy atom. The molecule has 1 aliphatic carbocycles. The predicted molar refractivity (Wildman–Crippen MR) is 82.0 cm³/mol. The smallest absolute Gasteiger partial charge is 0.0803 e. The second kappa shape index (κ2) is 5.43. The van der Waals surface area contributed by atoms with Crippen LogP contribution in [0.2, 0.25) is 10.0 Å². The molecule has 0 radical (unpaired) electrons. The SMILES string of the molecule is NNC(c1ccc(Cl)c(Cl)c1)c1cc2c(s1)CCC2. The van der Waals surface area contributed by atoms with Crippen molar-refractivity contribution in [3.05, 3.63) is 55.2 Å². The van der Waals surface area contributed by atoms with Gasteiger partial charge < -0.3 is 0 Å². The number of thiophene rings is 1. The van der Waals surface area contributed by atoms with Crippen LogP contribution in [0.15, 0.2) is 24.3 Å². The highest BCUT2D eigenvalue weighted by Gasteiger charge is 2.21. The third kappa shape index (κ3) is 2.54. The van der Waals surface area contributed by atoms with Crippen LogP contribution in [0.3, 0.4) is 0 Å². The van der Waals surface area contributed by atoms with E-state index in [4.69, 9.17) is 29.0 Å². The lowest BCUT2D eigenvalue weighted by molar-refractivity contribution is 0.646. The molecular weight excluding hydrogens is 299 g/mol. The molecule has 0 amide bonds. The minimum atomic E-state index is -0.0228. The Morgan fingerprint density at radius 2 is 2.00 bits per heavy atom. The van der Waals surface area contributed by atoms with Crippen LogP contribution in [0.5, 0.6) is 0 Å². The van der Waals surface area contributed by atoms with Crippen LogP contribution in [0.1, 0.15) is 33.3 Å².